The highest BCUT2D eigenvalue weighted by Crippen LogP contribution is 2.11. The molecule has 7 heteroatoms. The molecule has 21 heavy (non-hydrogen) atoms. The van der Waals surface area contributed by atoms with Crippen LogP contribution < -0.4 is 10.6 Å². The number of nitriles is 1. The summed E-state index contributed by atoms with van der Waals surface area (Å²) in [6.45, 7) is 1.85. The van der Waals surface area contributed by atoms with Gasteiger partial charge in [-0.05, 0) is 12.5 Å². The number of benzene rings is 1. The molecule has 0 radical (unpaired) electrons. The zero-order chi connectivity index (χ0) is 15.1. The molecule has 1 aromatic heterocycles. The Morgan fingerprint density at radius 3 is 2.81 bits per heavy atom. The number of nitrogens with zero attached hydrogens (tertiary/aromatic N) is 3. The van der Waals surface area contributed by atoms with Crippen LogP contribution in [0.5, 0.6) is 0 Å². The van der Waals surface area contributed by atoms with Crippen molar-refractivity contribution >= 4 is 11.9 Å². The molecule has 0 spiro atoms. The van der Waals surface area contributed by atoms with Crippen molar-refractivity contribution in [1.82, 2.24) is 20.5 Å². The Hall–Kier alpha value is -3.14. The van der Waals surface area contributed by atoms with Gasteiger partial charge in [0.25, 0.3) is 5.91 Å². The van der Waals surface area contributed by atoms with E-state index in [9.17, 15) is 4.79 Å². The summed E-state index contributed by atoms with van der Waals surface area (Å²) in [6.07, 6.45) is 2.60. The fraction of sp³-hybridized carbons (Fsp3) is 0.143. The smallest absolute Gasteiger partial charge is 0.263 e. The number of hydrogen-bond acceptors (Lipinski definition) is 5. The second-order valence-electron chi connectivity index (χ2n) is 4.25. The number of amides is 1. The van der Waals surface area contributed by atoms with Gasteiger partial charge in [-0.1, -0.05) is 30.3 Å². The van der Waals surface area contributed by atoms with E-state index in [4.69, 9.17) is 5.26 Å². The number of rotatable bonds is 5. The van der Waals surface area contributed by atoms with Crippen molar-refractivity contribution in [2.45, 2.75) is 13.0 Å². The van der Waals surface area contributed by atoms with Gasteiger partial charge in [-0.25, -0.2) is 5.10 Å². The van der Waals surface area contributed by atoms with Gasteiger partial charge < -0.3 is 10.6 Å². The third-order valence-corrected chi connectivity index (χ3v) is 2.78. The van der Waals surface area contributed by atoms with E-state index in [-0.39, 0.29) is 11.6 Å². The van der Waals surface area contributed by atoms with Crippen molar-refractivity contribution in [3.63, 3.8) is 0 Å². The normalized spacial score (nSPS) is 12.3. The molecule has 7 nitrogen and oxygen atoms in total. The maximum Gasteiger partial charge on any atom is 0.263 e. The third-order valence-electron chi connectivity index (χ3n) is 2.78. The third kappa shape index (κ3) is 3.91. The van der Waals surface area contributed by atoms with Crippen molar-refractivity contribution < 1.29 is 4.79 Å². The average molecular weight is 282 g/mol. The summed E-state index contributed by atoms with van der Waals surface area (Å²) in [5.74, 6) is -0.104. The van der Waals surface area contributed by atoms with Crippen LogP contribution in [0, 0.1) is 11.3 Å². The van der Waals surface area contributed by atoms with Gasteiger partial charge in [0.2, 0.25) is 5.95 Å². The number of nitrogens with one attached hydrogen (secondary N) is 3. The fourth-order valence-corrected chi connectivity index (χ4v) is 1.66. The van der Waals surface area contributed by atoms with E-state index in [1.165, 1.54) is 12.5 Å². The largest absolute Gasteiger partial charge is 0.345 e. The van der Waals surface area contributed by atoms with Gasteiger partial charge in [-0.15, -0.1) is 0 Å². The van der Waals surface area contributed by atoms with Crippen molar-refractivity contribution in [2.75, 3.05) is 5.32 Å². The van der Waals surface area contributed by atoms with E-state index in [0.29, 0.717) is 5.95 Å². The van der Waals surface area contributed by atoms with E-state index >= 15 is 0 Å². The van der Waals surface area contributed by atoms with Crippen LogP contribution in [0.15, 0.2) is 48.4 Å². The molecule has 1 amide bonds. The molecular weight excluding hydrogens is 268 g/mol. The number of aromatic amines is 1. The number of hydrogen-bond donors (Lipinski definition) is 3. The van der Waals surface area contributed by atoms with E-state index in [1.807, 2.05) is 43.3 Å². The number of carbonyl (C=O) groups excluding carboxylic acids is 1. The predicted molar refractivity (Wildman–Crippen MR) is 76.7 cm³/mol. The molecule has 1 unspecified atom stereocenters. The molecule has 0 aliphatic heterocycles. The molecular formula is C14H14N6O. The molecule has 1 atom stereocenters. The van der Waals surface area contributed by atoms with Crippen molar-refractivity contribution in [1.29, 1.82) is 5.26 Å². The summed E-state index contributed by atoms with van der Waals surface area (Å²) in [5.41, 5.74) is 0.917. The minimum Gasteiger partial charge on any atom is -0.345 e. The Labute approximate surface area is 121 Å². The molecule has 2 rings (SSSR count). The average Bonchev–Trinajstić information content (AvgIpc) is 3.02. The monoisotopic (exact) mass is 282 g/mol. The standard InChI is InChI=1S/C14H14N6O/c1-10(11-5-3-2-4-6-11)19-13(21)12(7-15)8-16-14-17-9-18-20-14/h2-6,8-10H,1H3,(H,19,21)(H2,16,17,18,20)/b12-8-. The summed E-state index contributed by atoms with van der Waals surface area (Å²) >= 11 is 0. The van der Waals surface area contributed by atoms with Gasteiger partial charge >= 0.3 is 0 Å². The van der Waals surface area contributed by atoms with Crippen LogP contribution in [-0.4, -0.2) is 21.1 Å². The Kier molecular flexibility index (Phi) is 4.66. The zero-order valence-electron chi connectivity index (χ0n) is 11.4. The van der Waals surface area contributed by atoms with Gasteiger partial charge in [0.15, 0.2) is 0 Å². The lowest BCUT2D eigenvalue weighted by Gasteiger charge is -2.13. The lowest BCUT2D eigenvalue weighted by molar-refractivity contribution is -0.117. The molecule has 0 bridgehead atoms. The van der Waals surface area contributed by atoms with Crippen LogP contribution in [0.25, 0.3) is 0 Å². The first-order valence-corrected chi connectivity index (χ1v) is 6.28. The molecule has 1 aromatic carbocycles. The van der Waals surface area contributed by atoms with Crippen molar-refractivity contribution in [3.8, 4) is 6.07 Å². The lowest BCUT2D eigenvalue weighted by Crippen LogP contribution is -2.28. The summed E-state index contributed by atoms with van der Waals surface area (Å²) < 4.78 is 0. The van der Waals surface area contributed by atoms with Gasteiger partial charge in [0, 0.05) is 6.20 Å². The van der Waals surface area contributed by atoms with Gasteiger partial charge in [0.05, 0.1) is 6.04 Å². The number of aromatic nitrogens is 3. The number of H-pyrrole nitrogens is 1. The first-order chi connectivity index (χ1) is 10.2. The molecule has 0 saturated carbocycles. The lowest BCUT2D eigenvalue weighted by atomic mass is 10.1. The molecule has 0 aliphatic carbocycles. The SMILES string of the molecule is CC(NC(=O)/C(C#N)=C\Nc1ncn[nH]1)c1ccccc1. The first kappa shape index (κ1) is 14.3. The number of anilines is 1. The van der Waals surface area contributed by atoms with E-state index in [2.05, 4.69) is 25.8 Å². The summed E-state index contributed by atoms with van der Waals surface area (Å²) in [5, 5.41) is 20.7. The fourth-order valence-electron chi connectivity index (χ4n) is 1.66. The van der Waals surface area contributed by atoms with Crippen LogP contribution in [0.4, 0.5) is 5.95 Å². The van der Waals surface area contributed by atoms with Crippen molar-refractivity contribution in [3.05, 3.63) is 54.0 Å². The Bertz CT molecular complexity index is 657. The zero-order valence-corrected chi connectivity index (χ0v) is 11.4. The van der Waals surface area contributed by atoms with Crippen molar-refractivity contribution in [2.24, 2.45) is 0 Å². The van der Waals surface area contributed by atoms with Crippen LogP contribution in [0.2, 0.25) is 0 Å². The first-order valence-electron chi connectivity index (χ1n) is 6.28. The molecule has 0 saturated heterocycles. The highest BCUT2D eigenvalue weighted by molar-refractivity contribution is 5.97. The summed E-state index contributed by atoms with van der Waals surface area (Å²) in [4.78, 5) is 15.9. The molecule has 0 aliphatic rings. The van der Waals surface area contributed by atoms with E-state index < -0.39 is 5.91 Å². The molecule has 106 valence electrons. The van der Waals surface area contributed by atoms with E-state index in [1.54, 1.807) is 0 Å². The highest BCUT2D eigenvalue weighted by atomic mass is 16.1. The quantitative estimate of drug-likeness (QED) is 0.569. The maximum absolute atomic E-state index is 12.0. The Morgan fingerprint density at radius 2 is 2.19 bits per heavy atom. The van der Waals surface area contributed by atoms with Crippen LogP contribution in [-0.2, 0) is 4.79 Å². The Morgan fingerprint density at radius 1 is 1.43 bits per heavy atom. The highest BCUT2D eigenvalue weighted by Gasteiger charge is 2.13. The molecule has 0 fully saturated rings. The number of carbonyl (C=O) groups is 1. The van der Waals surface area contributed by atoms with Crippen LogP contribution in [0.3, 0.4) is 0 Å². The molecule has 1 heterocycles. The molecule has 3 N–H and O–H groups in total. The second-order valence-corrected chi connectivity index (χ2v) is 4.25. The summed E-state index contributed by atoms with van der Waals surface area (Å²) in [7, 11) is 0. The van der Waals surface area contributed by atoms with Gasteiger partial charge in [-0.3, -0.25) is 4.79 Å². The summed E-state index contributed by atoms with van der Waals surface area (Å²) in [6, 6.07) is 11.2. The second kappa shape index (κ2) is 6.86. The maximum atomic E-state index is 12.0. The van der Waals surface area contributed by atoms with Crippen LogP contribution in [0.1, 0.15) is 18.5 Å². The minimum absolute atomic E-state index is 0.0471. The topological polar surface area (TPSA) is 106 Å². The van der Waals surface area contributed by atoms with Crippen LogP contribution >= 0.6 is 0 Å². The van der Waals surface area contributed by atoms with Gasteiger partial charge in [-0.2, -0.15) is 15.3 Å². The minimum atomic E-state index is -0.458. The van der Waals surface area contributed by atoms with E-state index in [0.717, 1.165) is 5.56 Å². The predicted octanol–water partition coefficient (Wildman–Crippen LogP) is 1.50. The van der Waals surface area contributed by atoms with Gasteiger partial charge in [0.1, 0.15) is 18.0 Å². The Balaban J connectivity index is 2.00. The molecule has 2 aromatic rings.